The van der Waals surface area contributed by atoms with Gasteiger partial charge in [-0.3, -0.25) is 4.79 Å². The van der Waals surface area contributed by atoms with Crippen molar-refractivity contribution in [2.45, 2.75) is 0 Å². The molecule has 0 radical (unpaired) electrons. The molecular formula is C3H5ClN2O2S. The molecule has 0 unspecified atom stereocenters. The summed E-state index contributed by atoms with van der Waals surface area (Å²) in [4.78, 5) is 10.3. The Hall–Kier alpha value is -0.420. The molecular weight excluding hydrogens is 164 g/mol. The van der Waals surface area contributed by atoms with Crippen molar-refractivity contribution < 1.29 is 10.0 Å². The van der Waals surface area contributed by atoms with Crippen LogP contribution in [0.1, 0.15) is 0 Å². The lowest BCUT2D eigenvalue weighted by atomic mass is 10.7. The summed E-state index contributed by atoms with van der Waals surface area (Å²) in [5.41, 5.74) is 0. The lowest BCUT2D eigenvalue weighted by Crippen LogP contribution is -2.19. The molecule has 1 saturated heterocycles. The number of thioether (sulfide) groups is 1. The van der Waals surface area contributed by atoms with Crippen molar-refractivity contribution in [3.8, 4) is 0 Å². The molecule has 0 spiro atoms. The standard InChI is InChI=1S/C3H4N2O2S.ClH/c6-2-1-8-3(4-2)5-7;/h7H,1H2,(H,4,5,6);1H. The highest BCUT2D eigenvalue weighted by molar-refractivity contribution is 8.15. The van der Waals surface area contributed by atoms with E-state index in [9.17, 15) is 4.79 Å². The maximum atomic E-state index is 10.3. The van der Waals surface area contributed by atoms with Crippen LogP contribution in [0.15, 0.2) is 5.16 Å². The topological polar surface area (TPSA) is 61.7 Å². The van der Waals surface area contributed by atoms with Gasteiger partial charge in [0.15, 0.2) is 0 Å². The van der Waals surface area contributed by atoms with E-state index in [0.717, 1.165) is 0 Å². The Labute approximate surface area is 62.1 Å². The van der Waals surface area contributed by atoms with Crippen molar-refractivity contribution in [1.29, 1.82) is 0 Å². The second-order valence-corrected chi connectivity index (χ2v) is 2.21. The SMILES string of the molecule is Cl.O=C1CSC(=NO)N1. The maximum absolute atomic E-state index is 10.3. The van der Waals surface area contributed by atoms with Crippen LogP contribution in [-0.2, 0) is 4.79 Å². The Morgan fingerprint density at radius 2 is 2.44 bits per heavy atom. The van der Waals surface area contributed by atoms with E-state index in [0.29, 0.717) is 5.75 Å². The highest BCUT2D eigenvalue weighted by Gasteiger charge is 2.15. The van der Waals surface area contributed by atoms with Gasteiger partial charge in [0.1, 0.15) is 0 Å². The molecule has 0 aromatic carbocycles. The van der Waals surface area contributed by atoms with Crippen LogP contribution in [0.5, 0.6) is 0 Å². The van der Waals surface area contributed by atoms with Gasteiger partial charge in [0, 0.05) is 0 Å². The summed E-state index contributed by atoms with van der Waals surface area (Å²) < 4.78 is 0. The fourth-order valence-electron chi connectivity index (χ4n) is 0.379. The summed E-state index contributed by atoms with van der Waals surface area (Å²) in [6.45, 7) is 0. The smallest absolute Gasteiger partial charge is 0.236 e. The van der Waals surface area contributed by atoms with Gasteiger partial charge in [0.05, 0.1) is 5.75 Å². The van der Waals surface area contributed by atoms with Gasteiger partial charge in [0.2, 0.25) is 11.1 Å². The number of rotatable bonds is 0. The van der Waals surface area contributed by atoms with E-state index in [2.05, 4.69) is 10.5 Å². The Balaban J connectivity index is 0.000000640. The first-order valence-electron chi connectivity index (χ1n) is 1.97. The Morgan fingerprint density at radius 3 is 2.67 bits per heavy atom. The highest BCUT2D eigenvalue weighted by atomic mass is 35.5. The molecule has 1 rings (SSSR count). The van der Waals surface area contributed by atoms with Crippen LogP contribution in [0.25, 0.3) is 0 Å². The molecule has 1 fully saturated rings. The summed E-state index contributed by atoms with van der Waals surface area (Å²) in [7, 11) is 0. The quantitative estimate of drug-likeness (QED) is 0.396. The normalized spacial score (nSPS) is 21.3. The van der Waals surface area contributed by atoms with Crippen molar-refractivity contribution in [2.24, 2.45) is 5.16 Å². The summed E-state index contributed by atoms with van der Waals surface area (Å²) in [5, 5.41) is 13.4. The molecule has 9 heavy (non-hydrogen) atoms. The molecule has 0 aromatic heterocycles. The zero-order chi connectivity index (χ0) is 5.98. The first-order chi connectivity index (χ1) is 3.83. The molecule has 0 bridgehead atoms. The molecule has 1 amide bonds. The Kier molecular flexibility index (Phi) is 3.41. The van der Waals surface area contributed by atoms with Crippen LogP contribution in [0.4, 0.5) is 0 Å². The molecule has 0 aromatic rings. The minimum atomic E-state index is -0.109. The van der Waals surface area contributed by atoms with E-state index >= 15 is 0 Å². The van der Waals surface area contributed by atoms with Gasteiger partial charge >= 0.3 is 0 Å². The van der Waals surface area contributed by atoms with Gasteiger partial charge in [-0.15, -0.1) is 12.4 Å². The van der Waals surface area contributed by atoms with Gasteiger partial charge in [-0.05, 0) is 0 Å². The van der Waals surface area contributed by atoms with Crippen molar-refractivity contribution in [2.75, 3.05) is 5.75 Å². The van der Waals surface area contributed by atoms with E-state index in [1.54, 1.807) is 0 Å². The van der Waals surface area contributed by atoms with E-state index in [-0.39, 0.29) is 23.5 Å². The summed E-state index contributed by atoms with van der Waals surface area (Å²) >= 11 is 1.19. The summed E-state index contributed by atoms with van der Waals surface area (Å²) in [6, 6.07) is 0. The minimum absolute atomic E-state index is 0. The molecule has 4 nitrogen and oxygen atoms in total. The van der Waals surface area contributed by atoms with Gasteiger partial charge < -0.3 is 10.5 Å². The molecule has 52 valence electrons. The van der Waals surface area contributed by atoms with E-state index in [1.807, 2.05) is 0 Å². The van der Waals surface area contributed by atoms with Gasteiger partial charge in [-0.2, -0.15) is 0 Å². The zero-order valence-electron chi connectivity index (χ0n) is 4.33. The van der Waals surface area contributed by atoms with E-state index in [4.69, 9.17) is 5.21 Å². The van der Waals surface area contributed by atoms with E-state index in [1.165, 1.54) is 11.8 Å². The van der Waals surface area contributed by atoms with Crippen molar-refractivity contribution >= 4 is 35.2 Å². The van der Waals surface area contributed by atoms with Crippen LogP contribution >= 0.6 is 24.2 Å². The monoisotopic (exact) mass is 168 g/mol. The molecule has 0 aliphatic carbocycles. The van der Waals surface area contributed by atoms with E-state index < -0.39 is 0 Å². The number of carbonyl (C=O) groups excluding carboxylic acids is 1. The first kappa shape index (κ1) is 8.58. The van der Waals surface area contributed by atoms with Crippen molar-refractivity contribution in [3.05, 3.63) is 0 Å². The van der Waals surface area contributed by atoms with Crippen molar-refractivity contribution in [1.82, 2.24) is 5.32 Å². The van der Waals surface area contributed by atoms with Crippen molar-refractivity contribution in [3.63, 3.8) is 0 Å². The first-order valence-corrected chi connectivity index (χ1v) is 2.96. The molecule has 1 aliphatic rings. The third-order valence-corrected chi connectivity index (χ3v) is 1.54. The second kappa shape index (κ2) is 3.58. The zero-order valence-corrected chi connectivity index (χ0v) is 5.96. The maximum Gasteiger partial charge on any atom is 0.236 e. The van der Waals surface area contributed by atoms with Crippen LogP contribution in [0.2, 0.25) is 0 Å². The lowest BCUT2D eigenvalue weighted by Gasteiger charge is -1.84. The number of hydrogen-bond donors (Lipinski definition) is 2. The van der Waals surface area contributed by atoms with Gasteiger partial charge in [-0.1, -0.05) is 16.9 Å². The van der Waals surface area contributed by atoms with Gasteiger partial charge in [0.25, 0.3) is 0 Å². The number of amidine groups is 1. The van der Waals surface area contributed by atoms with Crippen LogP contribution in [-0.4, -0.2) is 22.0 Å². The van der Waals surface area contributed by atoms with Crippen LogP contribution in [0.3, 0.4) is 0 Å². The third kappa shape index (κ3) is 2.11. The number of hydrogen-bond acceptors (Lipinski definition) is 4. The number of halogens is 1. The Morgan fingerprint density at radius 1 is 1.78 bits per heavy atom. The number of amides is 1. The molecule has 0 saturated carbocycles. The predicted molar refractivity (Wildman–Crippen MR) is 37.1 cm³/mol. The van der Waals surface area contributed by atoms with Crippen LogP contribution in [0, 0.1) is 0 Å². The van der Waals surface area contributed by atoms with Gasteiger partial charge in [-0.25, -0.2) is 0 Å². The lowest BCUT2D eigenvalue weighted by molar-refractivity contribution is -0.116. The molecule has 6 heteroatoms. The largest absolute Gasteiger partial charge is 0.409 e. The average molecular weight is 169 g/mol. The number of nitrogens with zero attached hydrogens (tertiary/aromatic N) is 1. The third-order valence-electron chi connectivity index (χ3n) is 0.677. The fraction of sp³-hybridized carbons (Fsp3) is 0.333. The Bertz CT molecular complexity index is 149. The number of oxime groups is 1. The summed E-state index contributed by atoms with van der Waals surface area (Å²) in [6.07, 6.45) is 0. The number of nitrogens with one attached hydrogen (secondary N) is 1. The number of carbonyl (C=O) groups is 1. The average Bonchev–Trinajstić information content (AvgIpc) is 2.14. The summed E-state index contributed by atoms with van der Waals surface area (Å²) in [5.74, 6) is 0.252. The molecule has 0 atom stereocenters. The van der Waals surface area contributed by atoms with Crippen LogP contribution < -0.4 is 5.32 Å². The molecule has 1 aliphatic heterocycles. The fourth-order valence-corrected chi connectivity index (χ4v) is 0.963. The second-order valence-electron chi connectivity index (χ2n) is 1.24. The molecule has 2 N–H and O–H groups in total. The highest BCUT2D eigenvalue weighted by Crippen LogP contribution is 2.06. The minimum Gasteiger partial charge on any atom is -0.409 e. The predicted octanol–water partition coefficient (Wildman–Crippen LogP) is 0.0164. The molecule has 1 heterocycles.